The van der Waals surface area contributed by atoms with Gasteiger partial charge in [-0.2, -0.15) is 0 Å². The molecular weight excluding hydrogens is 585 g/mol. The first-order valence-corrected chi connectivity index (χ1v) is 21.3. The first kappa shape index (κ1) is 38.2. The van der Waals surface area contributed by atoms with Crippen LogP contribution in [0.1, 0.15) is 203 Å². The van der Waals surface area contributed by atoms with Gasteiger partial charge in [-0.3, -0.25) is 4.79 Å². The molecule has 0 spiro atoms. The van der Waals surface area contributed by atoms with Crippen LogP contribution in [0.5, 0.6) is 0 Å². The zero-order chi connectivity index (χ0) is 34.8. The van der Waals surface area contributed by atoms with Gasteiger partial charge >= 0.3 is 5.97 Å². The summed E-state index contributed by atoms with van der Waals surface area (Å²) in [5.41, 5.74) is 4.64. The number of unbranched alkanes of at least 4 members (excludes halogenated alkanes) is 12. The van der Waals surface area contributed by atoms with Crippen LogP contribution in [0, 0.1) is 50.7 Å². The van der Waals surface area contributed by atoms with Gasteiger partial charge in [0.05, 0.1) is 0 Å². The van der Waals surface area contributed by atoms with Crippen LogP contribution in [-0.2, 0) is 9.53 Å². The minimum absolute atomic E-state index is 0.0204. The molecule has 0 unspecified atom stereocenters. The highest BCUT2D eigenvalue weighted by Gasteiger charge is 2.68. The molecule has 2 nitrogen and oxygen atoms in total. The summed E-state index contributed by atoms with van der Waals surface area (Å²) in [6.07, 6.45) is 32.3. The lowest BCUT2D eigenvalue weighted by Crippen LogP contribution is -2.64. The molecule has 0 heterocycles. The van der Waals surface area contributed by atoms with Gasteiger partial charge in [0.15, 0.2) is 0 Å². The molecule has 5 rings (SSSR count). The topological polar surface area (TPSA) is 26.3 Å². The van der Waals surface area contributed by atoms with Crippen LogP contribution >= 0.6 is 0 Å². The monoisotopic (exact) mass is 663 g/mol. The maximum atomic E-state index is 13.2. The SMILES string of the molecule is C=C(C)[C@@H]1CC[C@]2(C)CC[C@]3(C)C(=CC[C@@H]4[C@@]5(C)CC[C@H](OC(=O)CCCCCCCCCCCCCCC)C(C)(C)[C@@H]5CC[C@]43C)[C@@H]12. The van der Waals surface area contributed by atoms with Crippen LogP contribution in [0.3, 0.4) is 0 Å². The van der Waals surface area contributed by atoms with E-state index in [1.807, 2.05) is 5.57 Å². The molecule has 5 aliphatic rings. The minimum atomic E-state index is 0.0204. The Balaban J connectivity index is 1.12. The van der Waals surface area contributed by atoms with Crippen LogP contribution in [0.15, 0.2) is 23.8 Å². The van der Waals surface area contributed by atoms with Gasteiger partial charge in [-0.1, -0.05) is 149 Å². The van der Waals surface area contributed by atoms with E-state index in [0.717, 1.165) is 12.8 Å². The fourth-order valence-corrected chi connectivity index (χ4v) is 13.4. The number of fused-ring (bicyclic) bond motifs is 7. The molecule has 5 aliphatic carbocycles. The van der Waals surface area contributed by atoms with Crippen molar-refractivity contribution in [1.82, 2.24) is 0 Å². The van der Waals surface area contributed by atoms with E-state index < -0.39 is 0 Å². The number of hydrogen-bond donors (Lipinski definition) is 0. The zero-order valence-corrected chi connectivity index (χ0v) is 33.3. The average Bonchev–Trinajstić information content (AvgIpc) is 3.39. The Morgan fingerprint density at radius 3 is 1.96 bits per heavy atom. The molecule has 4 fully saturated rings. The standard InChI is InChI=1S/C46H78O2/c1-10-11-12-13-14-15-16-17-18-19-20-21-22-23-40(47)48-39-28-30-44(7)37(42(39,4)5)27-31-46(9)38(44)25-24-36-41-35(34(2)3)26-29-43(41,6)32-33-45(36,46)8/h24,35,37-39,41H,2,10-23,25-33H2,1,3-9H3/t35-,37-,38+,39-,41+,43+,44-,45+,46+/m0/s1. The first-order valence-electron chi connectivity index (χ1n) is 21.3. The fraction of sp³-hybridized carbons (Fsp3) is 0.891. The predicted octanol–water partition coefficient (Wildman–Crippen LogP) is 14.0. The normalized spacial score (nSPS) is 39.8. The summed E-state index contributed by atoms with van der Waals surface area (Å²) in [6.45, 7) is 24.7. The summed E-state index contributed by atoms with van der Waals surface area (Å²) in [5, 5.41) is 0. The highest BCUT2D eigenvalue weighted by Crippen LogP contribution is 2.76. The molecule has 2 heteroatoms. The predicted molar refractivity (Wildman–Crippen MR) is 205 cm³/mol. The molecule has 0 N–H and O–H groups in total. The Labute approximate surface area is 298 Å². The summed E-state index contributed by atoms with van der Waals surface area (Å²) >= 11 is 0. The van der Waals surface area contributed by atoms with Crippen molar-refractivity contribution in [3.8, 4) is 0 Å². The quantitative estimate of drug-likeness (QED) is 0.0934. The second-order valence-electron chi connectivity index (χ2n) is 19.7. The summed E-state index contributed by atoms with van der Waals surface area (Å²) < 4.78 is 6.41. The van der Waals surface area contributed by atoms with Crippen LogP contribution < -0.4 is 0 Å². The number of hydrogen-bond acceptors (Lipinski definition) is 2. The lowest BCUT2D eigenvalue weighted by Gasteiger charge is -2.70. The van der Waals surface area contributed by atoms with E-state index >= 15 is 0 Å². The average molecular weight is 663 g/mol. The summed E-state index contributed by atoms with van der Waals surface area (Å²) in [4.78, 5) is 13.2. The van der Waals surface area contributed by atoms with Crippen LogP contribution in [0.25, 0.3) is 0 Å². The molecule has 274 valence electrons. The molecule has 0 aromatic heterocycles. The van der Waals surface area contributed by atoms with Crippen molar-refractivity contribution in [3.63, 3.8) is 0 Å². The van der Waals surface area contributed by atoms with E-state index in [4.69, 9.17) is 4.74 Å². The van der Waals surface area contributed by atoms with E-state index in [0.29, 0.717) is 46.3 Å². The Morgan fingerprint density at radius 1 is 0.750 bits per heavy atom. The van der Waals surface area contributed by atoms with E-state index in [9.17, 15) is 4.79 Å². The van der Waals surface area contributed by atoms with Crippen molar-refractivity contribution < 1.29 is 9.53 Å². The third kappa shape index (κ3) is 7.05. The summed E-state index contributed by atoms with van der Waals surface area (Å²) in [7, 11) is 0. The van der Waals surface area contributed by atoms with Gasteiger partial charge in [-0.25, -0.2) is 0 Å². The number of esters is 1. The van der Waals surface area contributed by atoms with E-state index in [1.165, 1.54) is 134 Å². The number of rotatable bonds is 16. The molecule has 0 radical (unpaired) electrons. The van der Waals surface area contributed by atoms with Crippen LogP contribution in [0.4, 0.5) is 0 Å². The van der Waals surface area contributed by atoms with Gasteiger partial charge in [0.25, 0.3) is 0 Å². The number of carbonyl (C=O) groups is 1. The van der Waals surface area contributed by atoms with E-state index in [-0.39, 0.29) is 22.9 Å². The van der Waals surface area contributed by atoms with Crippen molar-refractivity contribution in [3.05, 3.63) is 23.8 Å². The summed E-state index contributed by atoms with van der Waals surface area (Å²) in [5.74, 6) is 2.73. The molecule has 0 bridgehead atoms. The van der Waals surface area contributed by atoms with Crippen molar-refractivity contribution in [2.75, 3.05) is 0 Å². The molecule has 0 saturated heterocycles. The zero-order valence-electron chi connectivity index (χ0n) is 33.3. The van der Waals surface area contributed by atoms with Crippen LogP contribution in [0.2, 0.25) is 0 Å². The molecule has 9 atom stereocenters. The fourth-order valence-electron chi connectivity index (χ4n) is 13.4. The smallest absolute Gasteiger partial charge is 0.306 e. The molecule has 0 aliphatic heterocycles. The van der Waals surface area contributed by atoms with Gasteiger partial charge in [0.2, 0.25) is 0 Å². The maximum absolute atomic E-state index is 13.2. The third-order valence-electron chi connectivity index (χ3n) is 16.6. The van der Waals surface area contributed by atoms with Gasteiger partial charge in [-0.15, -0.1) is 0 Å². The lowest BCUT2D eigenvalue weighted by atomic mass is 9.34. The molecule has 0 aromatic carbocycles. The second-order valence-corrected chi connectivity index (χ2v) is 19.7. The van der Waals surface area contributed by atoms with Crippen molar-refractivity contribution in [2.45, 2.75) is 209 Å². The number of allylic oxidation sites excluding steroid dienone is 3. The lowest BCUT2D eigenvalue weighted by molar-refractivity contribution is -0.211. The Bertz CT molecular complexity index is 1150. The van der Waals surface area contributed by atoms with E-state index in [1.54, 1.807) is 0 Å². The van der Waals surface area contributed by atoms with Crippen molar-refractivity contribution in [1.29, 1.82) is 0 Å². The largest absolute Gasteiger partial charge is 0.462 e. The molecular formula is C46H78O2. The van der Waals surface area contributed by atoms with Gasteiger partial charge in [0, 0.05) is 11.8 Å². The van der Waals surface area contributed by atoms with Crippen LogP contribution in [-0.4, -0.2) is 12.1 Å². The highest BCUT2D eigenvalue weighted by molar-refractivity contribution is 5.69. The molecule has 0 aromatic rings. The molecule has 48 heavy (non-hydrogen) atoms. The summed E-state index contributed by atoms with van der Waals surface area (Å²) in [6, 6.07) is 0. The molecule has 4 saturated carbocycles. The first-order chi connectivity index (χ1) is 22.7. The Morgan fingerprint density at radius 2 is 1.35 bits per heavy atom. The number of carbonyl (C=O) groups excluding carboxylic acids is 1. The van der Waals surface area contributed by atoms with Gasteiger partial charge in [0.1, 0.15) is 6.10 Å². The van der Waals surface area contributed by atoms with Crippen molar-refractivity contribution >= 4 is 5.97 Å². The highest BCUT2D eigenvalue weighted by atomic mass is 16.5. The van der Waals surface area contributed by atoms with Gasteiger partial charge in [-0.05, 0) is 116 Å². The minimum Gasteiger partial charge on any atom is -0.462 e. The second kappa shape index (κ2) is 15.3. The maximum Gasteiger partial charge on any atom is 0.306 e. The number of ether oxygens (including phenoxy) is 1. The molecule has 0 amide bonds. The van der Waals surface area contributed by atoms with Gasteiger partial charge < -0.3 is 4.74 Å². The Kier molecular flexibility index (Phi) is 12.2. The Hall–Kier alpha value is -1.05. The van der Waals surface area contributed by atoms with E-state index in [2.05, 4.69) is 68.0 Å². The van der Waals surface area contributed by atoms with Crippen molar-refractivity contribution in [2.24, 2.45) is 50.7 Å². The third-order valence-corrected chi connectivity index (χ3v) is 16.6.